The second-order valence-electron chi connectivity index (χ2n) is 4.47. The molecule has 0 aromatic carbocycles. The van der Waals surface area contributed by atoms with Crippen molar-refractivity contribution >= 4 is 18.3 Å². The van der Waals surface area contributed by atoms with E-state index in [0.717, 1.165) is 0 Å². The maximum atomic E-state index is 12.7. The number of amides is 1. The van der Waals surface area contributed by atoms with Crippen LogP contribution in [0.5, 0.6) is 0 Å². The molecule has 0 unspecified atom stereocenters. The van der Waals surface area contributed by atoms with Gasteiger partial charge in [0.2, 0.25) is 5.91 Å². The van der Waals surface area contributed by atoms with Crippen LogP contribution in [0.2, 0.25) is 0 Å². The van der Waals surface area contributed by atoms with Crippen molar-refractivity contribution < 1.29 is 13.6 Å². The Balaban J connectivity index is 0.00000361. The van der Waals surface area contributed by atoms with Gasteiger partial charge in [0, 0.05) is 31.4 Å². The molecule has 1 heterocycles. The molecule has 1 rings (SSSR count). The monoisotopic (exact) mass is 310 g/mol. The number of aromatic nitrogens is 2. The van der Waals surface area contributed by atoms with Crippen LogP contribution in [-0.2, 0) is 11.2 Å². The summed E-state index contributed by atoms with van der Waals surface area (Å²) in [6.45, 7) is 1.79. The molecule has 5 nitrogen and oxygen atoms in total. The first-order valence-corrected chi connectivity index (χ1v) is 6.09. The number of rotatable bonds is 6. The zero-order valence-corrected chi connectivity index (χ0v) is 12.9. The van der Waals surface area contributed by atoms with Crippen molar-refractivity contribution in [2.24, 2.45) is 0 Å². The van der Waals surface area contributed by atoms with Gasteiger partial charge in [-0.15, -0.1) is 12.4 Å². The van der Waals surface area contributed by atoms with E-state index < -0.39 is 6.55 Å². The van der Waals surface area contributed by atoms with Gasteiger partial charge in [-0.25, -0.2) is 4.68 Å². The average molecular weight is 311 g/mol. The molecule has 0 aliphatic carbocycles. The molecule has 0 saturated carbocycles. The Kier molecular flexibility index (Phi) is 7.67. The van der Waals surface area contributed by atoms with Crippen LogP contribution < -0.4 is 5.32 Å². The summed E-state index contributed by atoms with van der Waals surface area (Å²) in [7, 11) is 3.50. The van der Waals surface area contributed by atoms with E-state index in [1.165, 1.54) is 0 Å². The van der Waals surface area contributed by atoms with Gasteiger partial charge in [-0.2, -0.15) is 13.9 Å². The fraction of sp³-hybridized carbons (Fsp3) is 0.667. The summed E-state index contributed by atoms with van der Waals surface area (Å²) >= 11 is 0. The quantitative estimate of drug-likeness (QED) is 0.867. The van der Waals surface area contributed by atoms with Gasteiger partial charge in [0.25, 0.3) is 0 Å². The standard InChI is InChI=1S/C12H20F2N4O.ClH/c1-8-10(9(2)18(16-8)12(13)14)7-11(19)17(4)6-5-15-3;/h12,15H,5-7H2,1-4H3;1H. The lowest BCUT2D eigenvalue weighted by molar-refractivity contribution is -0.129. The Morgan fingerprint density at radius 2 is 2.05 bits per heavy atom. The first-order valence-electron chi connectivity index (χ1n) is 6.09. The van der Waals surface area contributed by atoms with Crippen molar-refractivity contribution in [2.75, 3.05) is 27.2 Å². The molecule has 0 aliphatic heterocycles. The van der Waals surface area contributed by atoms with Crippen molar-refractivity contribution in [1.29, 1.82) is 0 Å². The molecule has 116 valence electrons. The summed E-state index contributed by atoms with van der Waals surface area (Å²) in [6.07, 6.45) is 0.102. The molecule has 1 aromatic heterocycles. The van der Waals surface area contributed by atoms with Crippen molar-refractivity contribution in [2.45, 2.75) is 26.8 Å². The molecular weight excluding hydrogens is 290 g/mol. The van der Waals surface area contributed by atoms with E-state index in [0.29, 0.717) is 34.7 Å². The number of hydrogen-bond donors (Lipinski definition) is 1. The van der Waals surface area contributed by atoms with Crippen molar-refractivity contribution in [3.05, 3.63) is 17.0 Å². The van der Waals surface area contributed by atoms with E-state index in [4.69, 9.17) is 0 Å². The van der Waals surface area contributed by atoms with Crippen molar-refractivity contribution in [3.8, 4) is 0 Å². The minimum atomic E-state index is -2.68. The highest BCUT2D eigenvalue weighted by Crippen LogP contribution is 2.20. The fourth-order valence-corrected chi connectivity index (χ4v) is 1.83. The predicted molar refractivity (Wildman–Crippen MR) is 75.5 cm³/mol. The van der Waals surface area contributed by atoms with E-state index >= 15 is 0 Å². The highest BCUT2D eigenvalue weighted by molar-refractivity contribution is 5.85. The Morgan fingerprint density at radius 1 is 1.45 bits per heavy atom. The molecule has 0 saturated heterocycles. The first kappa shape index (κ1) is 18.8. The fourth-order valence-electron chi connectivity index (χ4n) is 1.83. The number of carbonyl (C=O) groups is 1. The zero-order chi connectivity index (χ0) is 14.6. The Bertz CT molecular complexity index is 451. The molecule has 1 aromatic rings. The van der Waals surface area contributed by atoms with Gasteiger partial charge in [0.15, 0.2) is 0 Å². The van der Waals surface area contributed by atoms with Crippen LogP contribution in [0.15, 0.2) is 0 Å². The normalized spacial score (nSPS) is 10.6. The summed E-state index contributed by atoms with van der Waals surface area (Å²) in [5, 5.41) is 6.72. The molecular formula is C12H21ClF2N4O. The number of aryl methyl sites for hydroxylation is 1. The number of hydrogen-bond acceptors (Lipinski definition) is 3. The molecule has 0 radical (unpaired) electrons. The molecule has 0 bridgehead atoms. The largest absolute Gasteiger partial charge is 0.344 e. The molecule has 20 heavy (non-hydrogen) atoms. The van der Waals surface area contributed by atoms with Crippen molar-refractivity contribution in [1.82, 2.24) is 20.0 Å². The maximum absolute atomic E-state index is 12.7. The molecule has 0 aliphatic rings. The van der Waals surface area contributed by atoms with Gasteiger partial charge in [0.05, 0.1) is 12.1 Å². The van der Waals surface area contributed by atoms with E-state index in [2.05, 4.69) is 10.4 Å². The van der Waals surface area contributed by atoms with Crippen LogP contribution in [0.3, 0.4) is 0 Å². The Labute approximate surface area is 123 Å². The molecule has 1 amide bonds. The molecule has 1 N–H and O–H groups in total. The van der Waals surface area contributed by atoms with Gasteiger partial charge in [-0.05, 0) is 20.9 Å². The highest BCUT2D eigenvalue weighted by atomic mass is 35.5. The number of likely N-dealkylation sites (N-methyl/N-ethyl adjacent to an activating group) is 2. The summed E-state index contributed by atoms with van der Waals surface area (Å²) in [5.74, 6) is -0.102. The average Bonchev–Trinajstić information content (AvgIpc) is 2.63. The van der Waals surface area contributed by atoms with Crippen LogP contribution in [-0.4, -0.2) is 47.8 Å². The van der Waals surface area contributed by atoms with Gasteiger partial charge in [-0.1, -0.05) is 0 Å². The third-order valence-electron chi connectivity index (χ3n) is 3.11. The lowest BCUT2D eigenvalue weighted by Gasteiger charge is -2.17. The minimum absolute atomic E-state index is 0. The van der Waals surface area contributed by atoms with Crippen molar-refractivity contribution in [3.63, 3.8) is 0 Å². The van der Waals surface area contributed by atoms with E-state index in [1.807, 2.05) is 0 Å². The number of alkyl halides is 2. The second-order valence-corrected chi connectivity index (χ2v) is 4.47. The Morgan fingerprint density at radius 3 is 2.50 bits per heavy atom. The molecule has 0 atom stereocenters. The molecule has 0 fully saturated rings. The van der Waals surface area contributed by atoms with Crippen LogP contribution in [0.25, 0.3) is 0 Å². The lowest BCUT2D eigenvalue weighted by atomic mass is 10.1. The van der Waals surface area contributed by atoms with E-state index in [1.54, 1.807) is 32.8 Å². The number of nitrogens with zero attached hydrogens (tertiary/aromatic N) is 3. The van der Waals surface area contributed by atoms with Gasteiger partial charge in [-0.3, -0.25) is 4.79 Å². The summed E-state index contributed by atoms with van der Waals surface area (Å²) in [4.78, 5) is 13.6. The van der Waals surface area contributed by atoms with Gasteiger partial charge >= 0.3 is 6.55 Å². The van der Waals surface area contributed by atoms with Gasteiger partial charge in [0.1, 0.15) is 0 Å². The van der Waals surface area contributed by atoms with E-state index in [-0.39, 0.29) is 24.7 Å². The number of halogens is 3. The highest BCUT2D eigenvalue weighted by Gasteiger charge is 2.20. The Hall–Kier alpha value is -1.21. The van der Waals surface area contributed by atoms with Crippen LogP contribution in [0.4, 0.5) is 8.78 Å². The maximum Gasteiger partial charge on any atom is 0.333 e. The minimum Gasteiger partial charge on any atom is -0.344 e. The molecule has 0 spiro atoms. The zero-order valence-electron chi connectivity index (χ0n) is 12.1. The van der Waals surface area contributed by atoms with Crippen LogP contribution in [0, 0.1) is 13.8 Å². The number of carbonyl (C=O) groups excluding carboxylic acids is 1. The SMILES string of the molecule is CNCCN(C)C(=O)Cc1c(C)nn(C(F)F)c1C.Cl. The summed E-state index contributed by atoms with van der Waals surface area (Å²) < 4.78 is 26.0. The third kappa shape index (κ3) is 4.42. The van der Waals surface area contributed by atoms with Gasteiger partial charge < -0.3 is 10.2 Å². The first-order chi connectivity index (χ1) is 8.88. The summed E-state index contributed by atoms with van der Waals surface area (Å²) in [6, 6.07) is 0. The topological polar surface area (TPSA) is 50.2 Å². The van der Waals surface area contributed by atoms with Crippen LogP contribution in [0.1, 0.15) is 23.5 Å². The molecule has 8 heteroatoms. The van der Waals surface area contributed by atoms with E-state index in [9.17, 15) is 13.6 Å². The third-order valence-corrected chi connectivity index (χ3v) is 3.11. The van der Waals surface area contributed by atoms with Crippen LogP contribution >= 0.6 is 12.4 Å². The summed E-state index contributed by atoms with van der Waals surface area (Å²) in [5.41, 5.74) is 1.41. The smallest absolute Gasteiger partial charge is 0.333 e. The second kappa shape index (κ2) is 8.16. The number of nitrogens with one attached hydrogen (secondary N) is 1. The lowest BCUT2D eigenvalue weighted by Crippen LogP contribution is -2.34. The predicted octanol–water partition coefficient (Wildman–Crippen LogP) is 1.54.